The Labute approximate surface area is 82.0 Å². The van der Waals surface area contributed by atoms with Crippen molar-refractivity contribution in [1.29, 1.82) is 0 Å². The van der Waals surface area contributed by atoms with Crippen LogP contribution in [0.2, 0.25) is 5.02 Å². The lowest BCUT2D eigenvalue weighted by Gasteiger charge is -2.01. The third-order valence-electron chi connectivity index (χ3n) is 1.33. The van der Waals surface area contributed by atoms with E-state index >= 15 is 0 Å². The van der Waals surface area contributed by atoms with Crippen molar-refractivity contribution < 1.29 is 17.3 Å². The van der Waals surface area contributed by atoms with Crippen LogP contribution in [0.4, 0.5) is 4.39 Å². The third-order valence-corrected chi connectivity index (χ3v) is 2.00. The molecular formula is C7H6ClFO3S. The van der Waals surface area contributed by atoms with E-state index in [1.54, 1.807) is 0 Å². The molecule has 0 aliphatic heterocycles. The zero-order chi connectivity index (χ0) is 9.84. The highest BCUT2D eigenvalue weighted by Crippen LogP contribution is 2.18. The highest BCUT2D eigenvalue weighted by atomic mass is 35.5. The van der Waals surface area contributed by atoms with Crippen LogP contribution in [-0.4, -0.2) is 8.76 Å². The SMILES string of the molecule is O=S(O)OCc1ccc(F)cc1Cl. The predicted octanol–water partition coefficient (Wildman–Crippen LogP) is 2.13. The van der Waals surface area contributed by atoms with Crippen molar-refractivity contribution in [1.82, 2.24) is 0 Å². The van der Waals surface area contributed by atoms with E-state index in [1.807, 2.05) is 0 Å². The average molecular weight is 225 g/mol. The lowest BCUT2D eigenvalue weighted by molar-refractivity contribution is 0.297. The molecular weight excluding hydrogens is 219 g/mol. The second-order valence-electron chi connectivity index (χ2n) is 2.22. The van der Waals surface area contributed by atoms with Gasteiger partial charge in [-0.25, -0.2) is 4.39 Å². The van der Waals surface area contributed by atoms with E-state index in [0.29, 0.717) is 5.56 Å². The molecule has 0 spiro atoms. The number of hydrogen-bond acceptors (Lipinski definition) is 2. The van der Waals surface area contributed by atoms with Crippen molar-refractivity contribution in [3.8, 4) is 0 Å². The van der Waals surface area contributed by atoms with Gasteiger partial charge in [0.05, 0.1) is 6.61 Å². The van der Waals surface area contributed by atoms with Gasteiger partial charge in [0.25, 0.3) is 0 Å². The second kappa shape index (κ2) is 4.66. The lowest BCUT2D eigenvalue weighted by Crippen LogP contribution is -1.96. The Hall–Kier alpha value is -0.490. The summed E-state index contributed by atoms with van der Waals surface area (Å²) in [5, 5.41) is 0.172. The lowest BCUT2D eigenvalue weighted by atomic mass is 10.2. The van der Waals surface area contributed by atoms with Gasteiger partial charge in [-0.3, -0.25) is 8.74 Å². The van der Waals surface area contributed by atoms with Crippen LogP contribution >= 0.6 is 11.6 Å². The molecule has 0 saturated heterocycles. The molecule has 0 aromatic heterocycles. The van der Waals surface area contributed by atoms with Crippen molar-refractivity contribution in [2.24, 2.45) is 0 Å². The van der Waals surface area contributed by atoms with E-state index < -0.39 is 17.2 Å². The summed E-state index contributed by atoms with van der Waals surface area (Å²) in [5.74, 6) is -0.459. The van der Waals surface area contributed by atoms with Crippen molar-refractivity contribution in [3.05, 3.63) is 34.6 Å². The quantitative estimate of drug-likeness (QED) is 0.801. The normalized spacial score (nSPS) is 12.8. The van der Waals surface area contributed by atoms with Crippen LogP contribution in [0.1, 0.15) is 5.56 Å². The Kier molecular flexibility index (Phi) is 3.80. The molecule has 3 nitrogen and oxygen atoms in total. The summed E-state index contributed by atoms with van der Waals surface area (Å²) < 4.78 is 35.3. The van der Waals surface area contributed by atoms with Crippen molar-refractivity contribution in [3.63, 3.8) is 0 Å². The highest BCUT2D eigenvalue weighted by molar-refractivity contribution is 7.74. The molecule has 1 rings (SSSR count). The van der Waals surface area contributed by atoms with Crippen molar-refractivity contribution >= 4 is 23.0 Å². The Morgan fingerprint density at radius 1 is 1.62 bits per heavy atom. The smallest absolute Gasteiger partial charge is 0.284 e. The molecule has 13 heavy (non-hydrogen) atoms. The van der Waals surface area contributed by atoms with E-state index in [0.717, 1.165) is 6.07 Å². The minimum absolute atomic E-state index is 0.123. The minimum Gasteiger partial charge on any atom is -0.284 e. The molecule has 0 fully saturated rings. The minimum atomic E-state index is -2.33. The topological polar surface area (TPSA) is 46.5 Å². The molecule has 1 N–H and O–H groups in total. The van der Waals surface area contributed by atoms with Gasteiger partial charge in [0.15, 0.2) is 0 Å². The van der Waals surface area contributed by atoms with E-state index in [4.69, 9.17) is 16.2 Å². The molecule has 0 saturated carbocycles. The first-order valence-corrected chi connectivity index (χ1v) is 4.68. The Balaban J connectivity index is 2.72. The second-order valence-corrected chi connectivity index (χ2v) is 3.29. The van der Waals surface area contributed by atoms with Crippen molar-refractivity contribution in [2.45, 2.75) is 6.61 Å². The van der Waals surface area contributed by atoms with Crippen LogP contribution in [0.25, 0.3) is 0 Å². The van der Waals surface area contributed by atoms with Gasteiger partial charge in [-0.1, -0.05) is 17.7 Å². The van der Waals surface area contributed by atoms with Gasteiger partial charge in [-0.15, -0.1) is 0 Å². The Bertz CT molecular complexity index is 332. The molecule has 0 amide bonds. The zero-order valence-electron chi connectivity index (χ0n) is 6.37. The maximum absolute atomic E-state index is 12.5. The van der Waals surface area contributed by atoms with E-state index in [2.05, 4.69) is 4.18 Å². The summed E-state index contributed by atoms with van der Waals surface area (Å²) in [6.45, 7) is -0.123. The van der Waals surface area contributed by atoms with Crippen LogP contribution in [0.3, 0.4) is 0 Å². The molecule has 0 aliphatic carbocycles. The summed E-state index contributed by atoms with van der Waals surface area (Å²) in [6.07, 6.45) is 0. The fraction of sp³-hybridized carbons (Fsp3) is 0.143. The summed E-state index contributed by atoms with van der Waals surface area (Å²) >= 11 is 3.28. The predicted molar refractivity (Wildman–Crippen MR) is 47.0 cm³/mol. The molecule has 0 aliphatic rings. The van der Waals surface area contributed by atoms with E-state index in [-0.39, 0.29) is 11.6 Å². The molecule has 1 atom stereocenters. The van der Waals surface area contributed by atoms with Gasteiger partial charge in [0.1, 0.15) is 5.82 Å². The Morgan fingerprint density at radius 3 is 2.85 bits per heavy atom. The highest BCUT2D eigenvalue weighted by Gasteiger charge is 2.03. The molecule has 0 bridgehead atoms. The number of benzene rings is 1. The summed E-state index contributed by atoms with van der Waals surface area (Å²) in [7, 11) is 0. The van der Waals surface area contributed by atoms with E-state index in [1.165, 1.54) is 12.1 Å². The van der Waals surface area contributed by atoms with Crippen LogP contribution in [0, 0.1) is 5.82 Å². The van der Waals surface area contributed by atoms with Crippen LogP contribution < -0.4 is 0 Å². The maximum atomic E-state index is 12.5. The first kappa shape index (κ1) is 10.6. The van der Waals surface area contributed by atoms with Crippen molar-refractivity contribution in [2.75, 3.05) is 0 Å². The fourth-order valence-electron chi connectivity index (χ4n) is 0.753. The molecule has 0 radical (unpaired) electrons. The molecule has 1 unspecified atom stereocenters. The summed E-state index contributed by atoms with van der Waals surface area (Å²) in [4.78, 5) is 0. The van der Waals surface area contributed by atoms with Gasteiger partial charge in [-0.05, 0) is 17.7 Å². The third kappa shape index (κ3) is 3.40. The molecule has 0 heterocycles. The molecule has 1 aromatic rings. The first-order chi connectivity index (χ1) is 6.09. The molecule has 72 valence electrons. The van der Waals surface area contributed by atoms with Gasteiger partial charge >= 0.3 is 11.4 Å². The number of halogens is 2. The summed E-state index contributed by atoms with van der Waals surface area (Å²) in [6, 6.07) is 3.70. The van der Waals surface area contributed by atoms with Gasteiger partial charge in [0, 0.05) is 5.02 Å². The van der Waals surface area contributed by atoms with Gasteiger partial charge < -0.3 is 0 Å². The summed E-state index contributed by atoms with van der Waals surface area (Å²) in [5.41, 5.74) is 0.463. The van der Waals surface area contributed by atoms with Gasteiger partial charge in [0.2, 0.25) is 0 Å². The molecule has 6 heteroatoms. The Morgan fingerprint density at radius 2 is 2.31 bits per heavy atom. The average Bonchev–Trinajstić information content (AvgIpc) is 2.02. The largest absolute Gasteiger partial charge is 0.302 e. The molecule has 1 aromatic carbocycles. The zero-order valence-corrected chi connectivity index (χ0v) is 7.94. The van der Waals surface area contributed by atoms with Crippen LogP contribution in [0.5, 0.6) is 0 Å². The van der Waals surface area contributed by atoms with E-state index in [9.17, 15) is 8.60 Å². The van der Waals surface area contributed by atoms with Crippen LogP contribution in [-0.2, 0) is 22.2 Å². The monoisotopic (exact) mass is 224 g/mol. The van der Waals surface area contributed by atoms with Gasteiger partial charge in [-0.2, -0.15) is 4.21 Å². The number of hydrogen-bond donors (Lipinski definition) is 1. The van der Waals surface area contributed by atoms with Crippen LogP contribution in [0.15, 0.2) is 18.2 Å². The maximum Gasteiger partial charge on any atom is 0.302 e. The standard InChI is InChI=1S/C7H6ClFO3S/c8-7-3-6(9)2-1-5(7)4-12-13(10)11/h1-3H,4H2,(H,10,11). The first-order valence-electron chi connectivity index (χ1n) is 3.27. The number of rotatable bonds is 3. The fourth-order valence-corrected chi connectivity index (χ4v) is 1.20.